The molecule has 112 valence electrons. The second kappa shape index (κ2) is 6.88. The summed E-state index contributed by atoms with van der Waals surface area (Å²) in [4.78, 5) is 0. The summed E-state index contributed by atoms with van der Waals surface area (Å²) in [6.07, 6.45) is -0.983. The molecule has 2 rings (SSSR count). The van der Waals surface area contributed by atoms with Crippen LogP contribution >= 0.6 is 39.1 Å². The normalized spacial score (nSPS) is 12.1. The molecule has 0 aliphatic rings. The number of methoxy groups -OCH3 is 2. The lowest BCUT2D eigenvalue weighted by Crippen LogP contribution is -2.05. The number of ether oxygens (including phenoxy) is 2. The molecule has 2 aromatic carbocycles. The molecule has 1 atom stereocenters. The summed E-state index contributed by atoms with van der Waals surface area (Å²) in [7, 11) is 3.06. The zero-order valence-corrected chi connectivity index (χ0v) is 14.5. The third-order valence-corrected chi connectivity index (χ3v) is 4.06. The van der Waals surface area contributed by atoms with E-state index in [0.717, 1.165) is 0 Å². The lowest BCUT2D eigenvalue weighted by Gasteiger charge is -2.19. The SMILES string of the molecule is COc1ccc(Cl)cc1C(O)c1cc(Cl)cc(Br)c1OC. The molecule has 6 heteroatoms. The van der Waals surface area contributed by atoms with Crippen LogP contribution in [-0.2, 0) is 0 Å². The number of hydrogen-bond donors (Lipinski definition) is 1. The molecule has 0 heterocycles. The highest BCUT2D eigenvalue weighted by Crippen LogP contribution is 2.40. The number of aliphatic hydroxyl groups is 1. The van der Waals surface area contributed by atoms with Gasteiger partial charge in [0, 0.05) is 21.2 Å². The Morgan fingerprint density at radius 1 is 1.00 bits per heavy atom. The van der Waals surface area contributed by atoms with Crippen LogP contribution in [0.25, 0.3) is 0 Å². The Labute approximate surface area is 141 Å². The van der Waals surface area contributed by atoms with E-state index in [-0.39, 0.29) is 0 Å². The predicted molar refractivity (Wildman–Crippen MR) is 87.8 cm³/mol. The molecule has 0 bridgehead atoms. The summed E-state index contributed by atoms with van der Waals surface area (Å²) < 4.78 is 11.3. The zero-order valence-electron chi connectivity index (χ0n) is 11.4. The van der Waals surface area contributed by atoms with E-state index in [2.05, 4.69) is 15.9 Å². The molecule has 21 heavy (non-hydrogen) atoms. The maximum atomic E-state index is 10.7. The van der Waals surface area contributed by atoms with Crippen molar-refractivity contribution >= 4 is 39.1 Å². The third-order valence-electron chi connectivity index (χ3n) is 3.02. The molecule has 0 saturated heterocycles. The van der Waals surface area contributed by atoms with Crippen molar-refractivity contribution in [2.45, 2.75) is 6.10 Å². The fourth-order valence-corrected chi connectivity index (χ4v) is 3.26. The van der Waals surface area contributed by atoms with Crippen LogP contribution in [0.3, 0.4) is 0 Å². The highest BCUT2D eigenvalue weighted by molar-refractivity contribution is 9.10. The monoisotopic (exact) mass is 390 g/mol. The highest BCUT2D eigenvalue weighted by Gasteiger charge is 2.22. The van der Waals surface area contributed by atoms with Crippen molar-refractivity contribution in [2.75, 3.05) is 14.2 Å². The third kappa shape index (κ3) is 3.46. The summed E-state index contributed by atoms with van der Waals surface area (Å²) in [5, 5.41) is 11.7. The van der Waals surface area contributed by atoms with Crippen molar-refractivity contribution in [1.29, 1.82) is 0 Å². The summed E-state index contributed by atoms with van der Waals surface area (Å²) in [6.45, 7) is 0. The van der Waals surface area contributed by atoms with Crippen molar-refractivity contribution in [2.24, 2.45) is 0 Å². The minimum absolute atomic E-state index is 0.484. The maximum absolute atomic E-state index is 10.7. The van der Waals surface area contributed by atoms with Gasteiger partial charge in [0.05, 0.1) is 18.7 Å². The van der Waals surface area contributed by atoms with Crippen LogP contribution in [0, 0.1) is 0 Å². The van der Waals surface area contributed by atoms with Crippen molar-refractivity contribution in [1.82, 2.24) is 0 Å². The first-order valence-corrected chi connectivity index (χ1v) is 7.57. The lowest BCUT2D eigenvalue weighted by atomic mass is 9.99. The van der Waals surface area contributed by atoms with Gasteiger partial charge in [-0.3, -0.25) is 0 Å². The van der Waals surface area contributed by atoms with E-state index in [0.29, 0.717) is 37.1 Å². The van der Waals surface area contributed by atoms with Crippen molar-refractivity contribution in [3.63, 3.8) is 0 Å². The Morgan fingerprint density at radius 3 is 2.29 bits per heavy atom. The minimum Gasteiger partial charge on any atom is -0.496 e. The van der Waals surface area contributed by atoms with Gasteiger partial charge < -0.3 is 14.6 Å². The predicted octanol–water partition coefficient (Wildman–Crippen LogP) is 4.85. The highest BCUT2D eigenvalue weighted by atomic mass is 79.9. The van der Waals surface area contributed by atoms with E-state index < -0.39 is 6.10 Å². The van der Waals surface area contributed by atoms with Gasteiger partial charge in [0.15, 0.2) is 0 Å². The van der Waals surface area contributed by atoms with Gasteiger partial charge in [0.2, 0.25) is 0 Å². The van der Waals surface area contributed by atoms with Crippen molar-refractivity contribution < 1.29 is 14.6 Å². The average Bonchev–Trinajstić information content (AvgIpc) is 2.45. The van der Waals surface area contributed by atoms with Crippen LogP contribution < -0.4 is 9.47 Å². The lowest BCUT2D eigenvalue weighted by molar-refractivity contribution is 0.209. The van der Waals surface area contributed by atoms with Gasteiger partial charge in [0.25, 0.3) is 0 Å². The molecule has 0 fully saturated rings. The number of benzene rings is 2. The zero-order chi connectivity index (χ0) is 15.6. The molecule has 0 aliphatic heterocycles. The smallest absolute Gasteiger partial charge is 0.139 e. The standard InChI is InChI=1S/C15H13BrCl2O3/c1-20-13-4-3-8(17)5-10(13)14(19)11-6-9(18)7-12(16)15(11)21-2/h3-7,14,19H,1-2H3. The molecule has 0 amide bonds. The number of hydrogen-bond acceptors (Lipinski definition) is 3. The molecule has 0 aromatic heterocycles. The van der Waals surface area contributed by atoms with Crippen LogP contribution in [0.15, 0.2) is 34.8 Å². The summed E-state index contributed by atoms with van der Waals surface area (Å²) in [5.74, 6) is 1.04. The second-order valence-corrected chi connectivity index (χ2v) is 6.03. The van der Waals surface area contributed by atoms with Gasteiger partial charge in [-0.25, -0.2) is 0 Å². The van der Waals surface area contributed by atoms with E-state index in [4.69, 9.17) is 32.7 Å². The fourth-order valence-electron chi connectivity index (χ4n) is 2.09. The summed E-state index contributed by atoms with van der Waals surface area (Å²) in [6, 6.07) is 8.40. The first kappa shape index (κ1) is 16.4. The Balaban J connectivity index is 2.59. The molecule has 3 nitrogen and oxygen atoms in total. The van der Waals surface area contributed by atoms with Crippen LogP contribution in [0.1, 0.15) is 17.2 Å². The van der Waals surface area contributed by atoms with Crippen LogP contribution in [0.4, 0.5) is 0 Å². The summed E-state index contributed by atoms with van der Waals surface area (Å²) in [5.41, 5.74) is 1.06. The van der Waals surface area contributed by atoms with Crippen molar-refractivity contribution in [3.8, 4) is 11.5 Å². The van der Waals surface area contributed by atoms with E-state index in [1.54, 1.807) is 30.3 Å². The number of aliphatic hydroxyl groups excluding tert-OH is 1. The van der Waals surface area contributed by atoms with Gasteiger partial charge in [-0.05, 0) is 46.3 Å². The quantitative estimate of drug-likeness (QED) is 0.809. The molecular weight excluding hydrogens is 379 g/mol. The van der Waals surface area contributed by atoms with E-state index in [1.807, 2.05) is 0 Å². The molecule has 1 unspecified atom stereocenters. The van der Waals surface area contributed by atoms with Gasteiger partial charge in [-0.2, -0.15) is 0 Å². The minimum atomic E-state index is -0.983. The van der Waals surface area contributed by atoms with Gasteiger partial charge in [-0.1, -0.05) is 23.2 Å². The molecule has 0 saturated carbocycles. The molecule has 0 radical (unpaired) electrons. The van der Waals surface area contributed by atoms with E-state index in [1.165, 1.54) is 14.2 Å². The Hall–Kier alpha value is -0.940. The van der Waals surface area contributed by atoms with Crippen LogP contribution in [-0.4, -0.2) is 19.3 Å². The first-order valence-electron chi connectivity index (χ1n) is 6.02. The largest absolute Gasteiger partial charge is 0.496 e. The molecule has 0 spiro atoms. The molecule has 2 aromatic rings. The molecular formula is C15H13BrCl2O3. The van der Waals surface area contributed by atoms with Crippen molar-refractivity contribution in [3.05, 3.63) is 56.0 Å². The Bertz CT molecular complexity index is 662. The van der Waals surface area contributed by atoms with Gasteiger partial charge in [-0.15, -0.1) is 0 Å². The number of halogens is 3. The summed E-state index contributed by atoms with van der Waals surface area (Å²) >= 11 is 15.4. The Morgan fingerprint density at radius 2 is 1.67 bits per heavy atom. The molecule has 1 N–H and O–H groups in total. The molecule has 0 aliphatic carbocycles. The van der Waals surface area contributed by atoms with E-state index in [9.17, 15) is 5.11 Å². The fraction of sp³-hybridized carbons (Fsp3) is 0.200. The Kier molecular flexibility index (Phi) is 5.38. The number of rotatable bonds is 4. The first-order chi connectivity index (χ1) is 9.97. The van der Waals surface area contributed by atoms with Gasteiger partial charge in [0.1, 0.15) is 17.6 Å². The van der Waals surface area contributed by atoms with Crippen LogP contribution in [0.2, 0.25) is 10.0 Å². The maximum Gasteiger partial charge on any atom is 0.139 e. The van der Waals surface area contributed by atoms with E-state index >= 15 is 0 Å². The topological polar surface area (TPSA) is 38.7 Å². The average molecular weight is 392 g/mol. The van der Waals surface area contributed by atoms with Crippen LogP contribution in [0.5, 0.6) is 11.5 Å². The second-order valence-electron chi connectivity index (χ2n) is 4.30. The van der Waals surface area contributed by atoms with Gasteiger partial charge >= 0.3 is 0 Å².